The van der Waals surface area contributed by atoms with E-state index in [1.165, 1.54) is 31.2 Å². The standard InChI is InChI=1S/C16H22N2O/c1-18-15(13-9-5-6-10-13)17-14(16(18)19)11-12-7-3-2-4-8-12/h2-4,7-8,13-15,17H,5-6,9-11H2,1H3. The SMILES string of the molecule is CN1C(=O)C(Cc2ccccc2)NC1C1CCCC1. The zero-order valence-corrected chi connectivity index (χ0v) is 11.5. The number of amides is 1. The third kappa shape index (κ3) is 2.52. The molecule has 2 fully saturated rings. The van der Waals surface area contributed by atoms with Crippen LogP contribution in [-0.2, 0) is 11.2 Å². The van der Waals surface area contributed by atoms with Crippen LogP contribution in [0.25, 0.3) is 0 Å². The topological polar surface area (TPSA) is 32.3 Å². The third-order valence-electron chi connectivity index (χ3n) is 4.56. The minimum atomic E-state index is -0.0435. The molecule has 2 atom stereocenters. The van der Waals surface area contributed by atoms with E-state index in [1.807, 2.05) is 30.1 Å². The Balaban J connectivity index is 1.68. The summed E-state index contributed by atoms with van der Waals surface area (Å²) in [5.41, 5.74) is 1.23. The summed E-state index contributed by atoms with van der Waals surface area (Å²) >= 11 is 0. The van der Waals surface area contributed by atoms with Gasteiger partial charge < -0.3 is 4.90 Å². The van der Waals surface area contributed by atoms with E-state index in [0.29, 0.717) is 5.92 Å². The molecule has 0 spiro atoms. The summed E-state index contributed by atoms with van der Waals surface area (Å²) in [4.78, 5) is 14.3. The number of hydrogen-bond donors (Lipinski definition) is 1. The van der Waals surface area contributed by atoms with Crippen molar-refractivity contribution in [1.29, 1.82) is 0 Å². The highest BCUT2D eigenvalue weighted by molar-refractivity contribution is 5.84. The fraction of sp³-hybridized carbons (Fsp3) is 0.562. The van der Waals surface area contributed by atoms with Crippen molar-refractivity contribution in [3.8, 4) is 0 Å². The maximum absolute atomic E-state index is 12.3. The molecule has 0 radical (unpaired) electrons. The van der Waals surface area contributed by atoms with Crippen molar-refractivity contribution in [2.45, 2.75) is 44.3 Å². The zero-order chi connectivity index (χ0) is 13.2. The summed E-state index contributed by atoms with van der Waals surface area (Å²) in [6.07, 6.45) is 6.19. The second kappa shape index (κ2) is 5.33. The second-order valence-electron chi connectivity index (χ2n) is 5.85. The van der Waals surface area contributed by atoms with E-state index in [0.717, 1.165) is 6.42 Å². The fourth-order valence-electron chi connectivity index (χ4n) is 3.49. The van der Waals surface area contributed by atoms with Gasteiger partial charge in [-0.05, 0) is 30.7 Å². The fourth-order valence-corrected chi connectivity index (χ4v) is 3.49. The summed E-state index contributed by atoms with van der Waals surface area (Å²) in [7, 11) is 1.95. The maximum atomic E-state index is 12.3. The Morgan fingerprint density at radius 1 is 1.21 bits per heavy atom. The van der Waals surface area contributed by atoms with Crippen LogP contribution in [0.1, 0.15) is 31.2 Å². The van der Waals surface area contributed by atoms with Crippen molar-refractivity contribution >= 4 is 5.91 Å². The highest BCUT2D eigenvalue weighted by atomic mass is 16.2. The average Bonchev–Trinajstić information content (AvgIpc) is 3.04. The summed E-state index contributed by atoms with van der Waals surface area (Å²) < 4.78 is 0. The molecule has 0 bridgehead atoms. The van der Waals surface area contributed by atoms with Crippen molar-refractivity contribution in [1.82, 2.24) is 10.2 Å². The van der Waals surface area contributed by atoms with E-state index in [1.54, 1.807) is 0 Å². The van der Waals surface area contributed by atoms with Gasteiger partial charge in [0, 0.05) is 7.05 Å². The molecule has 19 heavy (non-hydrogen) atoms. The normalized spacial score (nSPS) is 28.3. The van der Waals surface area contributed by atoms with Gasteiger partial charge in [0.2, 0.25) is 5.91 Å². The van der Waals surface area contributed by atoms with Gasteiger partial charge >= 0.3 is 0 Å². The smallest absolute Gasteiger partial charge is 0.241 e. The lowest BCUT2D eigenvalue weighted by molar-refractivity contribution is -0.129. The van der Waals surface area contributed by atoms with Crippen LogP contribution in [0.2, 0.25) is 0 Å². The molecule has 102 valence electrons. The predicted octanol–water partition coefficient (Wildman–Crippen LogP) is 2.18. The molecule has 2 unspecified atom stereocenters. The van der Waals surface area contributed by atoms with Crippen LogP contribution < -0.4 is 5.32 Å². The first-order chi connectivity index (χ1) is 9.25. The summed E-state index contributed by atoms with van der Waals surface area (Å²) in [6.45, 7) is 0. The summed E-state index contributed by atoms with van der Waals surface area (Å²) in [5.74, 6) is 0.899. The van der Waals surface area contributed by atoms with Crippen molar-refractivity contribution in [2.75, 3.05) is 7.05 Å². The first-order valence-electron chi connectivity index (χ1n) is 7.32. The van der Waals surface area contributed by atoms with Crippen molar-refractivity contribution in [3.63, 3.8) is 0 Å². The van der Waals surface area contributed by atoms with E-state index in [-0.39, 0.29) is 18.1 Å². The van der Waals surface area contributed by atoms with Crippen LogP contribution in [0.15, 0.2) is 30.3 Å². The highest BCUT2D eigenvalue weighted by Crippen LogP contribution is 2.31. The van der Waals surface area contributed by atoms with Gasteiger partial charge in [0.25, 0.3) is 0 Å². The molecular formula is C16H22N2O. The molecular weight excluding hydrogens is 236 g/mol. The van der Waals surface area contributed by atoms with Gasteiger partial charge in [-0.2, -0.15) is 0 Å². The van der Waals surface area contributed by atoms with Gasteiger partial charge in [0.15, 0.2) is 0 Å². The minimum absolute atomic E-state index is 0.0435. The number of hydrogen-bond acceptors (Lipinski definition) is 2. The number of nitrogens with one attached hydrogen (secondary N) is 1. The Labute approximate surface area is 115 Å². The molecule has 1 saturated heterocycles. The largest absolute Gasteiger partial charge is 0.329 e. The van der Waals surface area contributed by atoms with Gasteiger partial charge in [0.05, 0.1) is 12.2 Å². The third-order valence-corrected chi connectivity index (χ3v) is 4.56. The van der Waals surface area contributed by atoms with Gasteiger partial charge in [-0.15, -0.1) is 0 Å². The molecule has 1 aliphatic heterocycles. The Morgan fingerprint density at radius 3 is 2.58 bits per heavy atom. The van der Waals surface area contributed by atoms with Crippen molar-refractivity contribution < 1.29 is 4.79 Å². The molecule has 2 aliphatic rings. The predicted molar refractivity (Wildman–Crippen MR) is 75.6 cm³/mol. The first kappa shape index (κ1) is 12.7. The Kier molecular flexibility index (Phi) is 3.56. The first-order valence-corrected chi connectivity index (χ1v) is 7.32. The van der Waals surface area contributed by atoms with Crippen LogP contribution in [0.3, 0.4) is 0 Å². The van der Waals surface area contributed by atoms with Gasteiger partial charge in [-0.25, -0.2) is 0 Å². The van der Waals surface area contributed by atoms with E-state index < -0.39 is 0 Å². The molecule has 1 aliphatic carbocycles. The maximum Gasteiger partial charge on any atom is 0.241 e. The van der Waals surface area contributed by atoms with E-state index in [2.05, 4.69) is 17.4 Å². The number of carbonyl (C=O) groups excluding carboxylic acids is 1. The van der Waals surface area contributed by atoms with Gasteiger partial charge in [0.1, 0.15) is 0 Å². The Morgan fingerprint density at radius 2 is 1.89 bits per heavy atom. The van der Waals surface area contributed by atoms with E-state index >= 15 is 0 Å². The van der Waals surface area contributed by atoms with Gasteiger partial charge in [-0.3, -0.25) is 10.1 Å². The van der Waals surface area contributed by atoms with Crippen LogP contribution in [0, 0.1) is 5.92 Å². The van der Waals surface area contributed by atoms with Gasteiger partial charge in [-0.1, -0.05) is 43.2 Å². The number of nitrogens with zero attached hydrogens (tertiary/aromatic N) is 1. The molecule has 1 N–H and O–H groups in total. The molecule has 0 aromatic heterocycles. The van der Waals surface area contributed by atoms with Crippen molar-refractivity contribution in [3.05, 3.63) is 35.9 Å². The number of carbonyl (C=O) groups is 1. The van der Waals surface area contributed by atoms with Crippen LogP contribution >= 0.6 is 0 Å². The molecule has 1 aromatic carbocycles. The Bertz CT molecular complexity index is 439. The second-order valence-corrected chi connectivity index (χ2v) is 5.85. The lowest BCUT2D eigenvalue weighted by Gasteiger charge is -2.25. The molecule has 3 nitrogen and oxygen atoms in total. The summed E-state index contributed by atoms with van der Waals surface area (Å²) in [5, 5.41) is 3.56. The van der Waals surface area contributed by atoms with E-state index in [9.17, 15) is 4.79 Å². The average molecular weight is 258 g/mol. The molecule has 1 amide bonds. The van der Waals surface area contributed by atoms with Crippen LogP contribution in [0.5, 0.6) is 0 Å². The monoisotopic (exact) mass is 258 g/mol. The lowest BCUT2D eigenvalue weighted by Crippen LogP contribution is -2.40. The highest BCUT2D eigenvalue weighted by Gasteiger charge is 2.40. The molecule has 3 heteroatoms. The number of rotatable bonds is 3. The molecule has 3 rings (SSSR count). The zero-order valence-electron chi connectivity index (χ0n) is 11.5. The molecule has 1 aromatic rings. The van der Waals surface area contributed by atoms with Crippen molar-refractivity contribution in [2.24, 2.45) is 5.92 Å². The number of benzene rings is 1. The quantitative estimate of drug-likeness (QED) is 0.901. The van der Waals surface area contributed by atoms with Crippen LogP contribution in [0.4, 0.5) is 0 Å². The lowest BCUT2D eigenvalue weighted by atomic mass is 10.0. The van der Waals surface area contributed by atoms with Crippen LogP contribution in [-0.4, -0.2) is 30.1 Å². The number of likely N-dealkylation sites (N-methyl/N-ethyl adjacent to an activating group) is 1. The summed E-state index contributed by atoms with van der Waals surface area (Å²) in [6, 6.07) is 10.2. The molecule has 1 heterocycles. The minimum Gasteiger partial charge on any atom is -0.329 e. The van der Waals surface area contributed by atoms with E-state index in [4.69, 9.17) is 0 Å². The molecule has 1 saturated carbocycles. The Hall–Kier alpha value is -1.35.